The van der Waals surface area contributed by atoms with Crippen molar-refractivity contribution >= 4 is 17.7 Å². The minimum atomic E-state index is -0.361. The van der Waals surface area contributed by atoms with Crippen LogP contribution >= 0.6 is 11.6 Å². The summed E-state index contributed by atoms with van der Waals surface area (Å²) < 4.78 is 5.06. The van der Waals surface area contributed by atoms with E-state index >= 15 is 0 Å². The Hall–Kier alpha value is -1.22. The molecular weight excluding hydrogens is 238 g/mol. The molecule has 0 heterocycles. The number of alkyl halides is 1. The Kier molecular flexibility index (Phi) is 7.23. The molecule has 0 saturated carbocycles. The lowest BCUT2D eigenvalue weighted by Crippen LogP contribution is -2.25. The Morgan fingerprint density at radius 2 is 1.94 bits per heavy atom. The van der Waals surface area contributed by atoms with Gasteiger partial charge in [0.15, 0.2) is 0 Å². The minimum absolute atomic E-state index is 0.314. The first-order chi connectivity index (χ1) is 8.33. The summed E-state index contributed by atoms with van der Waals surface area (Å²) in [5.74, 6) is 0.679. The summed E-state index contributed by atoms with van der Waals surface area (Å²) in [4.78, 5) is 11.3. The van der Waals surface area contributed by atoms with Crippen molar-refractivity contribution in [1.29, 1.82) is 0 Å². The Balaban J connectivity index is 2.05. The maximum absolute atomic E-state index is 11.3. The summed E-state index contributed by atoms with van der Waals surface area (Å²) in [6, 6.07) is 9.62. The van der Waals surface area contributed by atoms with Crippen molar-refractivity contribution in [2.45, 2.75) is 25.9 Å². The molecule has 0 aromatic heterocycles. The number of unbranched alkanes of at least 4 members (excludes halogenated alkanes) is 2. The topological polar surface area (TPSA) is 38.3 Å². The summed E-state index contributed by atoms with van der Waals surface area (Å²) in [5, 5.41) is 2.71. The monoisotopic (exact) mass is 255 g/mol. The molecule has 3 nitrogen and oxygen atoms in total. The van der Waals surface area contributed by atoms with Crippen LogP contribution in [-0.2, 0) is 11.3 Å². The Labute approximate surface area is 107 Å². The van der Waals surface area contributed by atoms with Crippen molar-refractivity contribution in [3.8, 4) is 0 Å². The molecular formula is C13H18ClNO2. The third kappa shape index (κ3) is 6.84. The molecule has 4 heteroatoms. The van der Waals surface area contributed by atoms with Crippen LogP contribution in [0.25, 0.3) is 0 Å². The zero-order valence-electron chi connectivity index (χ0n) is 9.82. The maximum Gasteiger partial charge on any atom is 0.407 e. The van der Waals surface area contributed by atoms with E-state index in [4.69, 9.17) is 16.3 Å². The van der Waals surface area contributed by atoms with E-state index in [1.54, 1.807) is 0 Å². The van der Waals surface area contributed by atoms with E-state index < -0.39 is 0 Å². The Bertz CT molecular complexity index is 316. The maximum atomic E-state index is 11.3. The van der Waals surface area contributed by atoms with Gasteiger partial charge in [0.2, 0.25) is 0 Å². The first-order valence-electron chi connectivity index (χ1n) is 5.83. The highest BCUT2D eigenvalue weighted by atomic mass is 35.5. The SMILES string of the molecule is O=C(NCCCCCCl)OCc1ccccc1. The fourth-order valence-electron chi connectivity index (χ4n) is 1.36. The molecule has 1 amide bonds. The fraction of sp³-hybridized carbons (Fsp3) is 0.462. The minimum Gasteiger partial charge on any atom is -0.445 e. The van der Waals surface area contributed by atoms with Crippen LogP contribution in [0.1, 0.15) is 24.8 Å². The van der Waals surface area contributed by atoms with E-state index in [9.17, 15) is 4.79 Å². The molecule has 0 unspecified atom stereocenters. The highest BCUT2D eigenvalue weighted by Gasteiger charge is 2.01. The van der Waals surface area contributed by atoms with Crippen LogP contribution in [-0.4, -0.2) is 18.5 Å². The molecule has 0 atom stereocenters. The molecule has 94 valence electrons. The number of ether oxygens (including phenoxy) is 1. The normalized spacial score (nSPS) is 9.94. The summed E-state index contributed by atoms with van der Waals surface area (Å²) in [6.07, 6.45) is 2.59. The number of hydrogen-bond acceptors (Lipinski definition) is 2. The van der Waals surface area contributed by atoms with E-state index in [0.29, 0.717) is 19.0 Å². The molecule has 0 radical (unpaired) electrons. The van der Waals surface area contributed by atoms with Gasteiger partial charge in [-0.05, 0) is 18.4 Å². The molecule has 0 bridgehead atoms. The van der Waals surface area contributed by atoms with Crippen LogP contribution < -0.4 is 5.32 Å². The number of alkyl carbamates (subject to hydrolysis) is 1. The summed E-state index contributed by atoms with van der Waals surface area (Å²) in [6.45, 7) is 0.957. The molecule has 17 heavy (non-hydrogen) atoms. The van der Waals surface area contributed by atoms with Crippen LogP contribution in [0.5, 0.6) is 0 Å². The van der Waals surface area contributed by atoms with Gasteiger partial charge in [0.25, 0.3) is 0 Å². The molecule has 1 aromatic carbocycles. The largest absolute Gasteiger partial charge is 0.445 e. The van der Waals surface area contributed by atoms with Crippen LogP contribution in [0, 0.1) is 0 Å². The van der Waals surface area contributed by atoms with E-state index in [-0.39, 0.29) is 6.09 Å². The van der Waals surface area contributed by atoms with Crippen LogP contribution in [0.3, 0.4) is 0 Å². The first kappa shape index (κ1) is 13.8. The lowest BCUT2D eigenvalue weighted by Gasteiger charge is -2.06. The molecule has 0 aliphatic carbocycles. The Morgan fingerprint density at radius 3 is 2.65 bits per heavy atom. The third-order valence-electron chi connectivity index (χ3n) is 2.29. The second-order valence-corrected chi connectivity index (χ2v) is 4.12. The molecule has 0 saturated heterocycles. The molecule has 0 spiro atoms. The number of carbonyl (C=O) groups excluding carboxylic acids is 1. The second-order valence-electron chi connectivity index (χ2n) is 3.74. The van der Waals surface area contributed by atoms with Crippen LogP contribution in [0.4, 0.5) is 4.79 Å². The predicted octanol–water partition coefficient (Wildman–Crippen LogP) is 3.32. The van der Waals surface area contributed by atoms with Gasteiger partial charge in [0, 0.05) is 12.4 Å². The standard InChI is InChI=1S/C13H18ClNO2/c14-9-5-2-6-10-15-13(16)17-11-12-7-3-1-4-8-12/h1,3-4,7-8H,2,5-6,9-11H2,(H,15,16). The van der Waals surface area contributed by atoms with E-state index in [1.807, 2.05) is 30.3 Å². The molecule has 0 aliphatic heterocycles. The quantitative estimate of drug-likeness (QED) is 0.600. The van der Waals surface area contributed by atoms with Gasteiger partial charge in [-0.25, -0.2) is 4.79 Å². The van der Waals surface area contributed by atoms with E-state index in [1.165, 1.54) is 0 Å². The van der Waals surface area contributed by atoms with Crippen molar-refractivity contribution in [2.75, 3.05) is 12.4 Å². The van der Waals surface area contributed by atoms with Gasteiger partial charge in [-0.3, -0.25) is 0 Å². The number of benzene rings is 1. The van der Waals surface area contributed by atoms with Gasteiger partial charge in [-0.2, -0.15) is 0 Å². The molecule has 1 N–H and O–H groups in total. The molecule has 0 fully saturated rings. The van der Waals surface area contributed by atoms with Gasteiger partial charge in [-0.15, -0.1) is 11.6 Å². The average Bonchev–Trinajstić information content (AvgIpc) is 2.37. The number of carbonyl (C=O) groups is 1. The molecule has 0 aliphatic rings. The predicted molar refractivity (Wildman–Crippen MR) is 69.2 cm³/mol. The number of amides is 1. The average molecular weight is 256 g/mol. The number of nitrogens with one attached hydrogen (secondary N) is 1. The van der Waals surface area contributed by atoms with Crippen LogP contribution in [0.15, 0.2) is 30.3 Å². The lowest BCUT2D eigenvalue weighted by molar-refractivity contribution is 0.139. The van der Waals surface area contributed by atoms with Gasteiger partial charge in [-0.1, -0.05) is 36.8 Å². The third-order valence-corrected chi connectivity index (χ3v) is 2.56. The fourth-order valence-corrected chi connectivity index (χ4v) is 1.55. The van der Waals surface area contributed by atoms with Crippen molar-refractivity contribution < 1.29 is 9.53 Å². The smallest absolute Gasteiger partial charge is 0.407 e. The van der Waals surface area contributed by atoms with Crippen molar-refractivity contribution in [3.05, 3.63) is 35.9 Å². The van der Waals surface area contributed by atoms with Gasteiger partial charge < -0.3 is 10.1 Å². The highest BCUT2D eigenvalue weighted by molar-refractivity contribution is 6.17. The van der Waals surface area contributed by atoms with Gasteiger partial charge in [0.1, 0.15) is 6.61 Å². The molecule has 1 rings (SSSR count). The Morgan fingerprint density at radius 1 is 1.18 bits per heavy atom. The van der Waals surface area contributed by atoms with Crippen LogP contribution in [0.2, 0.25) is 0 Å². The van der Waals surface area contributed by atoms with Crippen molar-refractivity contribution in [1.82, 2.24) is 5.32 Å². The zero-order valence-corrected chi connectivity index (χ0v) is 10.6. The second kappa shape index (κ2) is 8.88. The zero-order chi connectivity index (χ0) is 12.3. The first-order valence-corrected chi connectivity index (χ1v) is 6.37. The number of hydrogen-bond donors (Lipinski definition) is 1. The summed E-state index contributed by atoms with van der Waals surface area (Å²) >= 11 is 5.55. The van der Waals surface area contributed by atoms with Gasteiger partial charge >= 0.3 is 6.09 Å². The molecule has 1 aromatic rings. The highest BCUT2D eigenvalue weighted by Crippen LogP contribution is 2.00. The number of halogens is 1. The number of rotatable bonds is 7. The van der Waals surface area contributed by atoms with E-state index in [0.717, 1.165) is 24.8 Å². The van der Waals surface area contributed by atoms with Crippen molar-refractivity contribution in [3.63, 3.8) is 0 Å². The lowest BCUT2D eigenvalue weighted by atomic mass is 10.2. The van der Waals surface area contributed by atoms with E-state index in [2.05, 4.69) is 5.32 Å². The summed E-state index contributed by atoms with van der Waals surface area (Å²) in [7, 11) is 0. The summed E-state index contributed by atoms with van der Waals surface area (Å²) in [5.41, 5.74) is 0.991. The van der Waals surface area contributed by atoms with Gasteiger partial charge in [0.05, 0.1) is 0 Å². The van der Waals surface area contributed by atoms with Crippen molar-refractivity contribution in [2.24, 2.45) is 0 Å².